The number of carbonyl (C=O) groups excluding carboxylic acids is 1. The van der Waals surface area contributed by atoms with E-state index in [4.69, 9.17) is 16.9 Å². The Labute approximate surface area is 154 Å². The second kappa shape index (κ2) is 7.64. The van der Waals surface area contributed by atoms with Gasteiger partial charge >= 0.3 is 0 Å². The highest BCUT2D eigenvalue weighted by Gasteiger charge is 2.14. The minimum absolute atomic E-state index is 0.00631. The molecule has 0 spiro atoms. The van der Waals surface area contributed by atoms with Crippen molar-refractivity contribution in [3.05, 3.63) is 81.7 Å². The summed E-state index contributed by atoms with van der Waals surface area (Å²) in [5.41, 5.74) is 0.561. The third kappa shape index (κ3) is 3.63. The van der Waals surface area contributed by atoms with Gasteiger partial charge in [0.1, 0.15) is 18.1 Å². The van der Waals surface area contributed by atoms with Gasteiger partial charge in [-0.05, 0) is 36.4 Å². The van der Waals surface area contributed by atoms with Crippen molar-refractivity contribution < 1.29 is 4.79 Å². The molecule has 1 N–H and O–H groups in total. The maximum absolute atomic E-state index is 12.7. The average molecular weight is 365 g/mol. The molecular formula is C19H13ClN4O2. The number of nitriles is 1. The van der Waals surface area contributed by atoms with Crippen LogP contribution in [0.3, 0.4) is 0 Å². The maximum atomic E-state index is 12.7. The first kappa shape index (κ1) is 17.4. The lowest BCUT2D eigenvalue weighted by Crippen LogP contribution is -2.27. The van der Waals surface area contributed by atoms with Crippen LogP contribution in [0, 0.1) is 11.3 Å². The van der Waals surface area contributed by atoms with E-state index in [1.807, 2.05) is 6.07 Å². The van der Waals surface area contributed by atoms with E-state index in [9.17, 15) is 9.59 Å². The number of nitrogens with zero attached hydrogens (tertiary/aromatic N) is 3. The monoisotopic (exact) mass is 364 g/mol. The van der Waals surface area contributed by atoms with E-state index in [1.54, 1.807) is 54.6 Å². The Hall–Kier alpha value is -3.43. The number of rotatable bonds is 4. The molecule has 0 radical (unpaired) electrons. The number of nitrogens with one attached hydrogen (secondary N) is 1. The Morgan fingerprint density at radius 1 is 1.15 bits per heavy atom. The van der Waals surface area contributed by atoms with Gasteiger partial charge in [0.2, 0.25) is 0 Å². The molecule has 7 heteroatoms. The van der Waals surface area contributed by atoms with Crippen LogP contribution in [0.15, 0.2) is 65.6 Å². The first-order chi connectivity index (χ1) is 12.6. The number of anilines is 1. The van der Waals surface area contributed by atoms with Crippen LogP contribution in [0.25, 0.3) is 11.4 Å². The van der Waals surface area contributed by atoms with Crippen LogP contribution in [0.2, 0.25) is 5.02 Å². The Kier molecular flexibility index (Phi) is 5.11. The molecule has 0 atom stereocenters. The molecule has 1 heterocycles. The number of benzene rings is 2. The standard InChI is InChI=1S/C19H13ClN4O2/c20-15-8-6-13(7-9-15)17-22-12-16(19(26)24(17)11-10-21)23-18(25)14-4-2-1-3-5-14/h1-9,12H,11H2,(H,23,25). The molecule has 0 saturated heterocycles. The molecule has 0 unspecified atom stereocenters. The summed E-state index contributed by atoms with van der Waals surface area (Å²) in [5.74, 6) is -0.0989. The molecule has 6 nitrogen and oxygen atoms in total. The van der Waals surface area contributed by atoms with Gasteiger partial charge in [0, 0.05) is 16.1 Å². The summed E-state index contributed by atoms with van der Waals surface area (Å²) < 4.78 is 1.21. The molecule has 1 aromatic heterocycles. The van der Waals surface area contributed by atoms with E-state index >= 15 is 0 Å². The van der Waals surface area contributed by atoms with Crippen molar-refractivity contribution >= 4 is 23.2 Å². The topological polar surface area (TPSA) is 87.8 Å². The molecular weight excluding hydrogens is 352 g/mol. The molecule has 0 fully saturated rings. The number of amides is 1. The number of aromatic nitrogens is 2. The Bertz CT molecular complexity index is 1040. The molecule has 3 aromatic rings. The van der Waals surface area contributed by atoms with Gasteiger partial charge < -0.3 is 5.32 Å². The number of halogens is 1. The SMILES string of the molecule is N#CCn1c(-c2ccc(Cl)cc2)ncc(NC(=O)c2ccccc2)c1=O. The van der Waals surface area contributed by atoms with Crippen LogP contribution in [-0.4, -0.2) is 15.5 Å². The fourth-order valence-electron chi connectivity index (χ4n) is 2.41. The molecule has 0 aliphatic carbocycles. The normalized spacial score (nSPS) is 10.2. The molecule has 0 aliphatic rings. The fourth-order valence-corrected chi connectivity index (χ4v) is 2.53. The Morgan fingerprint density at radius 2 is 1.85 bits per heavy atom. The zero-order valence-corrected chi connectivity index (χ0v) is 14.3. The van der Waals surface area contributed by atoms with Gasteiger partial charge in [0.05, 0.1) is 12.3 Å². The molecule has 2 aromatic carbocycles. The predicted molar refractivity (Wildman–Crippen MR) is 99.0 cm³/mol. The van der Waals surface area contributed by atoms with E-state index in [0.717, 1.165) is 0 Å². The zero-order chi connectivity index (χ0) is 18.5. The van der Waals surface area contributed by atoms with Gasteiger partial charge in [-0.15, -0.1) is 0 Å². The number of hydrogen-bond acceptors (Lipinski definition) is 4. The summed E-state index contributed by atoms with van der Waals surface area (Å²) in [6, 6.07) is 17.2. The van der Waals surface area contributed by atoms with Crippen LogP contribution in [0.4, 0.5) is 5.69 Å². The maximum Gasteiger partial charge on any atom is 0.278 e. The predicted octanol–water partition coefficient (Wildman–Crippen LogP) is 3.34. The second-order valence-corrected chi connectivity index (χ2v) is 5.81. The van der Waals surface area contributed by atoms with Crippen molar-refractivity contribution in [2.45, 2.75) is 6.54 Å². The van der Waals surface area contributed by atoms with Crippen LogP contribution in [-0.2, 0) is 6.54 Å². The van der Waals surface area contributed by atoms with Gasteiger partial charge in [-0.1, -0.05) is 29.8 Å². The fraction of sp³-hybridized carbons (Fsp3) is 0.0526. The van der Waals surface area contributed by atoms with Crippen LogP contribution >= 0.6 is 11.6 Å². The highest BCUT2D eigenvalue weighted by Crippen LogP contribution is 2.19. The minimum Gasteiger partial charge on any atom is -0.316 e. The van der Waals surface area contributed by atoms with E-state index in [2.05, 4.69) is 10.3 Å². The lowest BCUT2D eigenvalue weighted by atomic mass is 10.2. The summed E-state index contributed by atoms with van der Waals surface area (Å²) in [4.78, 5) is 29.2. The first-order valence-corrected chi connectivity index (χ1v) is 8.07. The van der Waals surface area contributed by atoms with Crippen molar-refractivity contribution in [2.24, 2.45) is 0 Å². The molecule has 0 bridgehead atoms. The second-order valence-electron chi connectivity index (χ2n) is 5.37. The third-order valence-electron chi connectivity index (χ3n) is 3.66. The lowest BCUT2D eigenvalue weighted by molar-refractivity contribution is 0.102. The van der Waals surface area contributed by atoms with Crippen molar-refractivity contribution in [1.29, 1.82) is 5.26 Å². The molecule has 1 amide bonds. The first-order valence-electron chi connectivity index (χ1n) is 7.69. The summed E-state index contributed by atoms with van der Waals surface area (Å²) >= 11 is 5.88. The third-order valence-corrected chi connectivity index (χ3v) is 3.91. The van der Waals surface area contributed by atoms with Crippen LogP contribution in [0.5, 0.6) is 0 Å². The summed E-state index contributed by atoms with van der Waals surface area (Å²) in [7, 11) is 0. The molecule has 128 valence electrons. The summed E-state index contributed by atoms with van der Waals surface area (Å²) in [5, 5.41) is 12.2. The molecule has 26 heavy (non-hydrogen) atoms. The van der Waals surface area contributed by atoms with Crippen molar-refractivity contribution in [3.8, 4) is 17.5 Å². The van der Waals surface area contributed by atoms with Gasteiger partial charge in [0.15, 0.2) is 0 Å². The number of hydrogen-bond donors (Lipinski definition) is 1. The largest absolute Gasteiger partial charge is 0.316 e. The summed E-state index contributed by atoms with van der Waals surface area (Å²) in [6.45, 7) is -0.196. The van der Waals surface area contributed by atoms with Gasteiger partial charge in [0.25, 0.3) is 11.5 Å². The van der Waals surface area contributed by atoms with E-state index in [-0.39, 0.29) is 12.2 Å². The summed E-state index contributed by atoms with van der Waals surface area (Å²) in [6.07, 6.45) is 1.29. The lowest BCUT2D eigenvalue weighted by Gasteiger charge is -2.12. The van der Waals surface area contributed by atoms with Crippen molar-refractivity contribution in [1.82, 2.24) is 9.55 Å². The highest BCUT2D eigenvalue weighted by atomic mass is 35.5. The van der Waals surface area contributed by atoms with Crippen molar-refractivity contribution in [3.63, 3.8) is 0 Å². The Balaban J connectivity index is 2.00. The smallest absolute Gasteiger partial charge is 0.278 e. The van der Waals surface area contributed by atoms with Crippen LogP contribution < -0.4 is 10.9 Å². The van der Waals surface area contributed by atoms with Gasteiger partial charge in [-0.3, -0.25) is 14.2 Å². The quantitative estimate of drug-likeness (QED) is 0.769. The molecule has 0 aliphatic heterocycles. The van der Waals surface area contributed by atoms with Crippen molar-refractivity contribution in [2.75, 3.05) is 5.32 Å². The number of carbonyl (C=O) groups is 1. The van der Waals surface area contributed by atoms with E-state index < -0.39 is 11.5 Å². The molecule has 0 saturated carbocycles. The van der Waals surface area contributed by atoms with Crippen LogP contribution in [0.1, 0.15) is 10.4 Å². The molecule has 3 rings (SSSR count). The van der Waals surface area contributed by atoms with E-state index in [0.29, 0.717) is 22.0 Å². The van der Waals surface area contributed by atoms with Gasteiger partial charge in [-0.25, -0.2) is 4.98 Å². The average Bonchev–Trinajstić information content (AvgIpc) is 2.67. The zero-order valence-electron chi connectivity index (χ0n) is 13.5. The van der Waals surface area contributed by atoms with E-state index in [1.165, 1.54) is 10.8 Å². The highest BCUT2D eigenvalue weighted by molar-refractivity contribution is 6.30. The van der Waals surface area contributed by atoms with Gasteiger partial charge in [-0.2, -0.15) is 5.26 Å². The minimum atomic E-state index is -0.504. The Morgan fingerprint density at radius 3 is 2.50 bits per heavy atom.